The molecule has 3 aromatic carbocycles. The quantitative estimate of drug-likeness (QED) is 0.462. The minimum atomic E-state index is 0.686. The number of nitrogens with zero attached hydrogens (tertiary/aromatic N) is 1. The van der Waals surface area contributed by atoms with Gasteiger partial charge in [0.05, 0.1) is 11.6 Å². The molecule has 0 aliphatic rings. The van der Waals surface area contributed by atoms with Gasteiger partial charge in [0, 0.05) is 0 Å². The number of hydrogen-bond donors (Lipinski definition) is 0. The van der Waals surface area contributed by atoms with Crippen LogP contribution in [0.5, 0.6) is 0 Å². The molecule has 0 amide bonds. The number of allylic oxidation sites excluding steroid dienone is 1. The van der Waals surface area contributed by atoms with E-state index in [0.29, 0.717) is 5.57 Å². The van der Waals surface area contributed by atoms with Crippen molar-refractivity contribution in [3.8, 4) is 6.07 Å². The third kappa shape index (κ3) is 2.70. The van der Waals surface area contributed by atoms with Crippen molar-refractivity contribution < 1.29 is 0 Å². The monoisotopic (exact) mass is 269 g/mol. The zero-order chi connectivity index (χ0) is 14.7. The van der Waals surface area contributed by atoms with E-state index in [1.165, 1.54) is 16.3 Å². The number of aryl methyl sites for hydroxylation is 1. The molecule has 0 spiro atoms. The molecule has 0 unspecified atom stereocenters. The fourth-order valence-corrected chi connectivity index (χ4v) is 2.45. The lowest BCUT2D eigenvalue weighted by Crippen LogP contribution is -1.84. The predicted molar refractivity (Wildman–Crippen MR) is 88.6 cm³/mol. The normalized spacial score (nSPS) is 11.3. The van der Waals surface area contributed by atoms with E-state index < -0.39 is 0 Å². The van der Waals surface area contributed by atoms with E-state index in [-0.39, 0.29) is 0 Å². The Morgan fingerprint density at radius 3 is 2.38 bits per heavy atom. The number of hydrogen-bond acceptors (Lipinski definition) is 1. The molecule has 1 nitrogen and oxygen atoms in total. The van der Waals surface area contributed by atoms with Crippen molar-refractivity contribution in [3.05, 3.63) is 83.4 Å². The molecular formula is C20H15N. The second-order valence-corrected chi connectivity index (χ2v) is 5.10. The van der Waals surface area contributed by atoms with Crippen LogP contribution in [0, 0.1) is 18.3 Å². The van der Waals surface area contributed by atoms with Crippen molar-refractivity contribution >= 4 is 22.4 Å². The van der Waals surface area contributed by atoms with Crippen molar-refractivity contribution in [3.63, 3.8) is 0 Å². The van der Waals surface area contributed by atoms with Crippen molar-refractivity contribution in [2.24, 2.45) is 0 Å². The van der Waals surface area contributed by atoms with E-state index in [4.69, 9.17) is 0 Å². The van der Waals surface area contributed by atoms with Crippen LogP contribution in [0.1, 0.15) is 16.7 Å². The fraction of sp³-hybridized carbons (Fsp3) is 0.0500. The molecular weight excluding hydrogens is 254 g/mol. The maximum Gasteiger partial charge on any atom is 0.0998 e. The van der Waals surface area contributed by atoms with Crippen molar-refractivity contribution in [2.45, 2.75) is 6.92 Å². The molecule has 0 saturated carbocycles. The van der Waals surface area contributed by atoms with E-state index >= 15 is 0 Å². The van der Waals surface area contributed by atoms with Gasteiger partial charge in [0.2, 0.25) is 0 Å². The van der Waals surface area contributed by atoms with Crippen LogP contribution in [0.15, 0.2) is 66.7 Å². The summed E-state index contributed by atoms with van der Waals surface area (Å²) >= 11 is 0. The molecule has 100 valence electrons. The molecule has 0 heterocycles. The SMILES string of the molecule is Cc1ccc(/C(C#N)=C/c2cccc3ccccc23)cc1. The Labute approximate surface area is 124 Å². The second kappa shape index (κ2) is 5.64. The average Bonchev–Trinajstić information content (AvgIpc) is 2.54. The third-order valence-corrected chi connectivity index (χ3v) is 3.61. The highest BCUT2D eigenvalue weighted by atomic mass is 14.2. The Hall–Kier alpha value is -2.85. The van der Waals surface area contributed by atoms with Crippen LogP contribution in [0.3, 0.4) is 0 Å². The second-order valence-electron chi connectivity index (χ2n) is 5.10. The molecule has 3 rings (SSSR count). The van der Waals surface area contributed by atoms with Crippen LogP contribution in [-0.4, -0.2) is 0 Å². The Balaban J connectivity index is 2.13. The topological polar surface area (TPSA) is 23.8 Å². The van der Waals surface area contributed by atoms with Gasteiger partial charge in [-0.25, -0.2) is 0 Å². The first-order chi connectivity index (χ1) is 10.3. The summed E-state index contributed by atoms with van der Waals surface area (Å²) in [4.78, 5) is 0. The summed E-state index contributed by atoms with van der Waals surface area (Å²) in [5, 5.41) is 11.8. The smallest absolute Gasteiger partial charge is 0.0998 e. The molecule has 0 N–H and O–H groups in total. The van der Waals surface area contributed by atoms with Crippen LogP contribution >= 0.6 is 0 Å². The van der Waals surface area contributed by atoms with Gasteiger partial charge in [0.15, 0.2) is 0 Å². The lowest BCUT2D eigenvalue weighted by Gasteiger charge is -2.04. The standard InChI is InChI=1S/C20H15N/c1-15-9-11-16(12-10-15)19(14-21)13-18-7-4-6-17-5-2-3-8-20(17)18/h2-13H,1H3/b19-13+. The molecule has 0 bridgehead atoms. The largest absolute Gasteiger partial charge is 0.192 e. The van der Waals surface area contributed by atoms with Gasteiger partial charge in [-0.15, -0.1) is 0 Å². The van der Waals surface area contributed by atoms with Crippen LogP contribution < -0.4 is 0 Å². The molecule has 0 radical (unpaired) electrons. The van der Waals surface area contributed by atoms with Crippen molar-refractivity contribution in [1.82, 2.24) is 0 Å². The molecule has 0 atom stereocenters. The first kappa shape index (κ1) is 13.1. The summed E-state index contributed by atoms with van der Waals surface area (Å²) in [5.41, 5.74) is 3.91. The summed E-state index contributed by atoms with van der Waals surface area (Å²) in [6.07, 6.45) is 1.97. The van der Waals surface area contributed by atoms with Gasteiger partial charge >= 0.3 is 0 Å². The summed E-state index contributed by atoms with van der Waals surface area (Å²) in [5.74, 6) is 0. The van der Waals surface area contributed by atoms with E-state index in [0.717, 1.165) is 11.1 Å². The number of rotatable bonds is 2. The van der Waals surface area contributed by atoms with Crippen molar-refractivity contribution in [1.29, 1.82) is 5.26 Å². The lowest BCUT2D eigenvalue weighted by atomic mass is 9.99. The molecule has 21 heavy (non-hydrogen) atoms. The maximum atomic E-state index is 9.46. The van der Waals surface area contributed by atoms with Gasteiger partial charge in [-0.05, 0) is 34.9 Å². The van der Waals surface area contributed by atoms with E-state index in [2.05, 4.69) is 24.3 Å². The summed E-state index contributed by atoms with van der Waals surface area (Å²) in [6.45, 7) is 2.05. The molecule has 3 aromatic rings. The maximum absolute atomic E-state index is 9.46. The Morgan fingerprint density at radius 2 is 1.62 bits per heavy atom. The fourth-order valence-electron chi connectivity index (χ4n) is 2.45. The Morgan fingerprint density at radius 1 is 0.905 bits per heavy atom. The number of benzene rings is 3. The van der Waals surface area contributed by atoms with E-state index in [1.54, 1.807) is 0 Å². The van der Waals surface area contributed by atoms with Crippen LogP contribution in [-0.2, 0) is 0 Å². The minimum absolute atomic E-state index is 0.686. The first-order valence-electron chi connectivity index (χ1n) is 6.94. The lowest BCUT2D eigenvalue weighted by molar-refractivity contribution is 1.45. The van der Waals surface area contributed by atoms with Crippen LogP contribution in [0.25, 0.3) is 22.4 Å². The zero-order valence-electron chi connectivity index (χ0n) is 11.9. The van der Waals surface area contributed by atoms with Gasteiger partial charge in [0.1, 0.15) is 0 Å². The van der Waals surface area contributed by atoms with Crippen LogP contribution in [0.2, 0.25) is 0 Å². The molecule has 0 fully saturated rings. The predicted octanol–water partition coefficient (Wildman–Crippen LogP) is 5.21. The van der Waals surface area contributed by atoms with E-state index in [1.807, 2.05) is 61.5 Å². The van der Waals surface area contributed by atoms with Gasteiger partial charge in [-0.3, -0.25) is 0 Å². The highest BCUT2D eigenvalue weighted by Gasteiger charge is 2.03. The Kier molecular flexibility index (Phi) is 3.53. The van der Waals surface area contributed by atoms with E-state index in [9.17, 15) is 5.26 Å². The third-order valence-electron chi connectivity index (χ3n) is 3.61. The molecule has 0 aliphatic carbocycles. The Bertz CT molecular complexity index is 844. The molecule has 0 aliphatic heterocycles. The highest BCUT2D eigenvalue weighted by Crippen LogP contribution is 2.24. The molecule has 0 saturated heterocycles. The van der Waals surface area contributed by atoms with Gasteiger partial charge in [-0.1, -0.05) is 72.3 Å². The molecule has 0 aromatic heterocycles. The number of nitriles is 1. The van der Waals surface area contributed by atoms with Crippen molar-refractivity contribution in [2.75, 3.05) is 0 Å². The minimum Gasteiger partial charge on any atom is -0.192 e. The first-order valence-corrected chi connectivity index (χ1v) is 6.94. The zero-order valence-corrected chi connectivity index (χ0v) is 11.9. The highest BCUT2D eigenvalue weighted by molar-refractivity contribution is 5.98. The average molecular weight is 269 g/mol. The van der Waals surface area contributed by atoms with Gasteiger partial charge in [-0.2, -0.15) is 5.26 Å². The molecule has 1 heteroatoms. The van der Waals surface area contributed by atoms with Crippen LogP contribution in [0.4, 0.5) is 0 Å². The summed E-state index contributed by atoms with van der Waals surface area (Å²) < 4.78 is 0. The van der Waals surface area contributed by atoms with Gasteiger partial charge in [0.25, 0.3) is 0 Å². The van der Waals surface area contributed by atoms with Gasteiger partial charge < -0.3 is 0 Å². The summed E-state index contributed by atoms with van der Waals surface area (Å²) in [6, 6.07) is 24.8. The number of fused-ring (bicyclic) bond motifs is 1. The summed E-state index contributed by atoms with van der Waals surface area (Å²) in [7, 11) is 0.